The fourth-order valence-electron chi connectivity index (χ4n) is 3.45. The Morgan fingerprint density at radius 2 is 1.89 bits per heavy atom. The highest BCUT2D eigenvalue weighted by Crippen LogP contribution is 2.25. The topological polar surface area (TPSA) is 39.1 Å². The highest BCUT2D eigenvalue weighted by atomic mass is 15.2. The van der Waals surface area contributed by atoms with Crippen molar-refractivity contribution in [1.29, 1.82) is 5.26 Å². The van der Waals surface area contributed by atoms with Gasteiger partial charge in [-0.2, -0.15) is 5.26 Å². The van der Waals surface area contributed by atoms with Gasteiger partial charge in [0.2, 0.25) is 0 Å². The average Bonchev–Trinajstić information content (AvgIpc) is 2.72. The minimum absolute atomic E-state index is 0.433. The van der Waals surface area contributed by atoms with Crippen molar-refractivity contribution in [1.82, 2.24) is 10.2 Å². The van der Waals surface area contributed by atoms with E-state index in [4.69, 9.17) is 5.26 Å². The standard InChI is InChI=1S/C15H27N3/c1-13-9-11-18(15(8-10-16)12-17-13)14-6-4-2-3-5-7-14/h13-15,17H,2-9,11-12H2,1H3. The highest BCUT2D eigenvalue weighted by molar-refractivity contribution is 4.91. The number of hydrogen-bond donors (Lipinski definition) is 1. The third-order valence-electron chi connectivity index (χ3n) is 4.61. The summed E-state index contributed by atoms with van der Waals surface area (Å²) in [7, 11) is 0. The molecule has 0 aromatic carbocycles. The van der Waals surface area contributed by atoms with Gasteiger partial charge in [0.1, 0.15) is 0 Å². The number of nitrogens with one attached hydrogen (secondary N) is 1. The summed E-state index contributed by atoms with van der Waals surface area (Å²) >= 11 is 0. The van der Waals surface area contributed by atoms with Crippen LogP contribution in [0.4, 0.5) is 0 Å². The molecule has 2 unspecified atom stereocenters. The first-order valence-corrected chi connectivity index (χ1v) is 7.67. The molecule has 0 aromatic rings. The molecule has 2 fully saturated rings. The van der Waals surface area contributed by atoms with Gasteiger partial charge >= 0.3 is 0 Å². The number of hydrogen-bond acceptors (Lipinski definition) is 3. The van der Waals surface area contributed by atoms with Crippen LogP contribution in [0.15, 0.2) is 0 Å². The van der Waals surface area contributed by atoms with Crippen LogP contribution in [0.2, 0.25) is 0 Å². The molecule has 1 aliphatic carbocycles. The van der Waals surface area contributed by atoms with Gasteiger partial charge in [-0.3, -0.25) is 4.90 Å². The summed E-state index contributed by atoms with van der Waals surface area (Å²) in [5, 5.41) is 12.6. The average molecular weight is 249 g/mol. The summed E-state index contributed by atoms with van der Waals surface area (Å²) < 4.78 is 0. The van der Waals surface area contributed by atoms with Crippen molar-refractivity contribution in [2.24, 2.45) is 0 Å². The molecule has 1 saturated heterocycles. The van der Waals surface area contributed by atoms with E-state index in [1.54, 1.807) is 0 Å². The van der Waals surface area contributed by atoms with E-state index in [-0.39, 0.29) is 0 Å². The van der Waals surface area contributed by atoms with Crippen molar-refractivity contribution >= 4 is 0 Å². The summed E-state index contributed by atoms with van der Waals surface area (Å²) in [5.41, 5.74) is 0. The maximum Gasteiger partial charge on any atom is 0.0638 e. The molecule has 18 heavy (non-hydrogen) atoms. The molecule has 3 nitrogen and oxygen atoms in total. The molecule has 1 saturated carbocycles. The fraction of sp³-hybridized carbons (Fsp3) is 0.933. The molecule has 2 rings (SSSR count). The second-order valence-corrected chi connectivity index (χ2v) is 6.00. The van der Waals surface area contributed by atoms with Crippen molar-refractivity contribution in [2.45, 2.75) is 76.4 Å². The molecule has 3 heteroatoms. The Labute approximate surface area is 112 Å². The van der Waals surface area contributed by atoms with Gasteiger partial charge in [-0.05, 0) is 26.2 Å². The first-order valence-electron chi connectivity index (χ1n) is 7.67. The lowest BCUT2D eigenvalue weighted by atomic mass is 10.0. The van der Waals surface area contributed by atoms with E-state index < -0.39 is 0 Å². The molecule has 2 aliphatic rings. The van der Waals surface area contributed by atoms with Crippen molar-refractivity contribution in [3.05, 3.63) is 0 Å². The lowest BCUT2D eigenvalue weighted by Crippen LogP contribution is -2.45. The van der Waals surface area contributed by atoms with Crippen LogP contribution >= 0.6 is 0 Å². The molecule has 102 valence electrons. The molecule has 1 aliphatic heterocycles. The molecule has 0 bridgehead atoms. The van der Waals surface area contributed by atoms with Gasteiger partial charge in [0.05, 0.1) is 12.5 Å². The molecular formula is C15H27N3. The minimum Gasteiger partial charge on any atom is -0.313 e. The first-order chi connectivity index (χ1) is 8.81. The molecule has 1 N–H and O–H groups in total. The largest absolute Gasteiger partial charge is 0.313 e. The van der Waals surface area contributed by atoms with Gasteiger partial charge < -0.3 is 5.32 Å². The first kappa shape index (κ1) is 13.8. The van der Waals surface area contributed by atoms with E-state index in [1.807, 2.05) is 0 Å². The number of nitrogens with zero attached hydrogens (tertiary/aromatic N) is 2. The van der Waals surface area contributed by atoms with Gasteiger partial charge in [0.25, 0.3) is 0 Å². The van der Waals surface area contributed by atoms with Crippen molar-refractivity contribution < 1.29 is 0 Å². The Balaban J connectivity index is 2.02. The van der Waals surface area contributed by atoms with Crippen molar-refractivity contribution in [3.63, 3.8) is 0 Å². The molecule has 1 heterocycles. The van der Waals surface area contributed by atoms with E-state index >= 15 is 0 Å². The van der Waals surface area contributed by atoms with Gasteiger partial charge in [-0.15, -0.1) is 0 Å². The van der Waals surface area contributed by atoms with Crippen LogP contribution < -0.4 is 5.32 Å². The van der Waals surface area contributed by atoms with Gasteiger partial charge in [-0.1, -0.05) is 25.7 Å². The summed E-state index contributed by atoms with van der Waals surface area (Å²) in [6.45, 7) is 4.43. The van der Waals surface area contributed by atoms with Crippen LogP contribution in [0.5, 0.6) is 0 Å². The summed E-state index contributed by atoms with van der Waals surface area (Å²) in [4.78, 5) is 2.66. The highest BCUT2D eigenvalue weighted by Gasteiger charge is 2.29. The Morgan fingerprint density at radius 1 is 1.17 bits per heavy atom. The van der Waals surface area contributed by atoms with E-state index in [0.717, 1.165) is 12.6 Å². The molecule has 0 amide bonds. The van der Waals surface area contributed by atoms with E-state index in [2.05, 4.69) is 23.2 Å². The third kappa shape index (κ3) is 3.70. The lowest BCUT2D eigenvalue weighted by Gasteiger charge is -2.35. The van der Waals surface area contributed by atoms with Crippen molar-refractivity contribution in [3.8, 4) is 6.07 Å². The summed E-state index contributed by atoms with van der Waals surface area (Å²) in [5.74, 6) is 0. The van der Waals surface area contributed by atoms with Crippen LogP contribution in [-0.2, 0) is 0 Å². The zero-order valence-electron chi connectivity index (χ0n) is 11.7. The van der Waals surface area contributed by atoms with Gasteiger partial charge in [-0.25, -0.2) is 0 Å². The SMILES string of the molecule is CC1CCN(C2CCCCCC2)C(CC#N)CN1. The Hall–Kier alpha value is -0.590. The second-order valence-electron chi connectivity index (χ2n) is 6.00. The molecule has 0 radical (unpaired) electrons. The summed E-state index contributed by atoms with van der Waals surface area (Å²) in [6.07, 6.45) is 10.2. The van der Waals surface area contributed by atoms with E-state index in [0.29, 0.717) is 18.5 Å². The molecule has 0 spiro atoms. The van der Waals surface area contributed by atoms with Crippen LogP contribution in [0.3, 0.4) is 0 Å². The number of nitriles is 1. The molecule has 0 aromatic heterocycles. The monoisotopic (exact) mass is 249 g/mol. The van der Waals surface area contributed by atoms with Crippen LogP contribution in [0.25, 0.3) is 0 Å². The third-order valence-corrected chi connectivity index (χ3v) is 4.61. The smallest absolute Gasteiger partial charge is 0.0638 e. The number of rotatable bonds is 2. The Bertz CT molecular complexity index is 276. The predicted octanol–water partition coefficient (Wildman–Crippen LogP) is 2.68. The fourth-order valence-corrected chi connectivity index (χ4v) is 3.45. The minimum atomic E-state index is 0.433. The van der Waals surface area contributed by atoms with Gasteiger partial charge in [0.15, 0.2) is 0 Å². The Kier molecular flexibility index (Phi) is 5.46. The predicted molar refractivity (Wildman–Crippen MR) is 74.3 cm³/mol. The molecule has 2 atom stereocenters. The maximum atomic E-state index is 9.04. The second kappa shape index (κ2) is 7.11. The zero-order chi connectivity index (χ0) is 12.8. The van der Waals surface area contributed by atoms with E-state index in [1.165, 1.54) is 51.5 Å². The van der Waals surface area contributed by atoms with Gasteiger partial charge in [0, 0.05) is 31.2 Å². The quantitative estimate of drug-likeness (QED) is 0.765. The normalized spacial score (nSPS) is 32.4. The van der Waals surface area contributed by atoms with Crippen LogP contribution in [0.1, 0.15) is 58.3 Å². The van der Waals surface area contributed by atoms with E-state index in [9.17, 15) is 0 Å². The Morgan fingerprint density at radius 3 is 2.56 bits per heavy atom. The maximum absolute atomic E-state index is 9.04. The van der Waals surface area contributed by atoms with Crippen LogP contribution in [0, 0.1) is 11.3 Å². The van der Waals surface area contributed by atoms with Crippen LogP contribution in [-0.4, -0.2) is 36.1 Å². The molecular weight excluding hydrogens is 222 g/mol. The zero-order valence-corrected chi connectivity index (χ0v) is 11.7. The lowest BCUT2D eigenvalue weighted by molar-refractivity contribution is 0.131. The van der Waals surface area contributed by atoms with Crippen molar-refractivity contribution in [2.75, 3.05) is 13.1 Å². The summed E-state index contributed by atoms with van der Waals surface area (Å²) in [6, 6.07) is 4.15.